The fraction of sp³-hybridized carbons (Fsp3) is 0.350. The molecule has 120 valence electrons. The predicted octanol–water partition coefficient (Wildman–Crippen LogP) is 3.44. The summed E-state index contributed by atoms with van der Waals surface area (Å²) in [6, 6.07) is 11.5. The summed E-state index contributed by atoms with van der Waals surface area (Å²) < 4.78 is 5.53. The molecule has 0 amide bonds. The monoisotopic (exact) mass is 318 g/mol. The molecule has 0 saturated carbocycles. The highest BCUT2D eigenvalue weighted by atomic mass is 16.5. The van der Waals surface area contributed by atoms with Crippen LogP contribution in [0.3, 0.4) is 0 Å². The summed E-state index contributed by atoms with van der Waals surface area (Å²) >= 11 is 0. The first-order valence-electron chi connectivity index (χ1n) is 7.90. The van der Waals surface area contributed by atoms with E-state index < -0.39 is 11.8 Å². The van der Waals surface area contributed by atoms with Crippen molar-refractivity contribution in [3.05, 3.63) is 47.2 Å². The van der Waals surface area contributed by atoms with Crippen molar-refractivity contribution in [2.45, 2.75) is 26.7 Å². The zero-order valence-corrected chi connectivity index (χ0v) is 13.7. The molecule has 1 aromatic rings. The maximum Gasteiger partial charge on any atom is 0.205 e. The van der Waals surface area contributed by atoms with Crippen LogP contribution in [0.25, 0.3) is 0 Å². The van der Waals surface area contributed by atoms with Gasteiger partial charge in [0.05, 0.1) is 17.6 Å². The predicted molar refractivity (Wildman–Crippen MR) is 89.8 cm³/mol. The van der Waals surface area contributed by atoms with Crippen LogP contribution in [0.1, 0.15) is 32.3 Å². The van der Waals surface area contributed by atoms with E-state index in [-0.39, 0.29) is 17.1 Å². The van der Waals surface area contributed by atoms with Crippen molar-refractivity contribution in [3.8, 4) is 17.9 Å². The van der Waals surface area contributed by atoms with Crippen LogP contribution in [-0.4, -0.2) is 11.7 Å². The summed E-state index contributed by atoms with van der Waals surface area (Å²) in [6.45, 7) is 4.01. The SMILES string of the molecule is CC1(C)CC(=O)C2=C(C1)OC(=N)C(C#N)C2C#Cc1ccccc1. The Labute approximate surface area is 141 Å². The van der Waals surface area contributed by atoms with Gasteiger partial charge >= 0.3 is 0 Å². The van der Waals surface area contributed by atoms with Gasteiger partial charge in [-0.25, -0.2) is 0 Å². The molecule has 1 aliphatic heterocycles. The van der Waals surface area contributed by atoms with Gasteiger partial charge in [-0.05, 0) is 17.5 Å². The zero-order chi connectivity index (χ0) is 17.3. The summed E-state index contributed by atoms with van der Waals surface area (Å²) in [5.74, 6) is 5.01. The summed E-state index contributed by atoms with van der Waals surface area (Å²) in [7, 11) is 0. The Bertz CT molecular complexity index is 832. The quantitative estimate of drug-likeness (QED) is 0.745. The second-order valence-electron chi connectivity index (χ2n) is 6.96. The molecular weight excluding hydrogens is 300 g/mol. The van der Waals surface area contributed by atoms with E-state index in [2.05, 4.69) is 17.9 Å². The molecule has 1 aliphatic carbocycles. The molecule has 0 aromatic heterocycles. The third-order valence-electron chi connectivity index (χ3n) is 4.32. The van der Waals surface area contributed by atoms with Crippen LogP contribution in [0.5, 0.6) is 0 Å². The number of nitrogens with one attached hydrogen (secondary N) is 1. The van der Waals surface area contributed by atoms with Gasteiger partial charge < -0.3 is 4.74 Å². The lowest BCUT2D eigenvalue weighted by atomic mass is 9.70. The normalized spacial score (nSPS) is 25.0. The van der Waals surface area contributed by atoms with Gasteiger partial charge in [0.2, 0.25) is 5.90 Å². The molecule has 0 spiro atoms. The Kier molecular flexibility index (Phi) is 3.99. The first-order valence-corrected chi connectivity index (χ1v) is 7.90. The van der Waals surface area contributed by atoms with Crippen molar-refractivity contribution in [1.29, 1.82) is 10.7 Å². The lowest BCUT2D eigenvalue weighted by Crippen LogP contribution is -2.39. The molecule has 0 bridgehead atoms. The number of rotatable bonds is 0. The molecule has 4 nitrogen and oxygen atoms in total. The minimum absolute atomic E-state index is 0.0265. The summed E-state index contributed by atoms with van der Waals surface area (Å²) in [5.41, 5.74) is 1.10. The average Bonchev–Trinajstić information content (AvgIpc) is 2.51. The van der Waals surface area contributed by atoms with Crippen molar-refractivity contribution >= 4 is 11.7 Å². The standard InChI is InChI=1S/C20H18N2O2/c1-20(2)10-16(23)18-14(9-8-13-6-4-3-5-7-13)15(12-21)19(22)24-17(18)11-20/h3-7,14-15,22H,10-11H2,1-2H3. The third kappa shape index (κ3) is 2.96. The van der Waals surface area contributed by atoms with Gasteiger partial charge in [0.1, 0.15) is 11.7 Å². The van der Waals surface area contributed by atoms with Crippen LogP contribution < -0.4 is 0 Å². The topological polar surface area (TPSA) is 73.9 Å². The number of carbonyl (C=O) groups is 1. The molecule has 0 fully saturated rings. The van der Waals surface area contributed by atoms with Crippen LogP contribution in [0.2, 0.25) is 0 Å². The molecule has 24 heavy (non-hydrogen) atoms. The van der Waals surface area contributed by atoms with Crippen LogP contribution >= 0.6 is 0 Å². The number of nitrogens with zero attached hydrogens (tertiary/aromatic N) is 1. The molecule has 1 aromatic carbocycles. The van der Waals surface area contributed by atoms with Gasteiger partial charge in [0.25, 0.3) is 0 Å². The number of ether oxygens (including phenoxy) is 1. The minimum atomic E-state index is -0.842. The average molecular weight is 318 g/mol. The van der Waals surface area contributed by atoms with Gasteiger partial charge in [0, 0.05) is 18.4 Å². The van der Waals surface area contributed by atoms with E-state index >= 15 is 0 Å². The molecule has 2 atom stereocenters. The number of hydrogen-bond acceptors (Lipinski definition) is 4. The van der Waals surface area contributed by atoms with E-state index in [9.17, 15) is 10.1 Å². The lowest BCUT2D eigenvalue weighted by molar-refractivity contribution is -0.119. The summed E-state index contributed by atoms with van der Waals surface area (Å²) in [5, 5.41) is 17.5. The molecule has 0 radical (unpaired) electrons. The molecule has 4 heteroatoms. The van der Waals surface area contributed by atoms with Crippen molar-refractivity contribution < 1.29 is 9.53 Å². The Morgan fingerprint density at radius 2 is 1.92 bits per heavy atom. The van der Waals surface area contributed by atoms with E-state index in [1.54, 1.807) is 0 Å². The van der Waals surface area contributed by atoms with E-state index in [0.29, 0.717) is 24.2 Å². The van der Waals surface area contributed by atoms with Crippen LogP contribution in [0, 0.1) is 45.8 Å². The van der Waals surface area contributed by atoms with Gasteiger partial charge in [-0.3, -0.25) is 10.2 Å². The van der Waals surface area contributed by atoms with Gasteiger partial charge in [-0.15, -0.1) is 0 Å². The number of ketones is 1. The molecule has 2 unspecified atom stereocenters. The largest absolute Gasteiger partial charge is 0.446 e. The molecular formula is C20H18N2O2. The highest BCUT2D eigenvalue weighted by Crippen LogP contribution is 2.44. The number of carbonyl (C=O) groups excluding carboxylic acids is 1. The number of Topliss-reactive ketones (excluding diaryl/α,β-unsaturated/α-hetero) is 1. The van der Waals surface area contributed by atoms with Crippen LogP contribution in [-0.2, 0) is 9.53 Å². The van der Waals surface area contributed by atoms with Gasteiger partial charge in [0.15, 0.2) is 5.78 Å². The summed E-state index contributed by atoms with van der Waals surface area (Å²) in [4.78, 5) is 12.6. The molecule has 1 heterocycles. The number of benzene rings is 1. The first-order chi connectivity index (χ1) is 11.4. The van der Waals surface area contributed by atoms with E-state index in [1.165, 1.54) is 0 Å². The lowest BCUT2D eigenvalue weighted by Gasteiger charge is -2.37. The molecule has 3 rings (SSSR count). The molecule has 2 aliphatic rings. The number of hydrogen-bond donors (Lipinski definition) is 1. The van der Waals surface area contributed by atoms with Crippen LogP contribution in [0.15, 0.2) is 41.7 Å². The van der Waals surface area contributed by atoms with Gasteiger partial charge in [-0.1, -0.05) is 43.9 Å². The first kappa shape index (κ1) is 16.0. The van der Waals surface area contributed by atoms with Crippen molar-refractivity contribution in [1.82, 2.24) is 0 Å². The maximum absolute atomic E-state index is 12.6. The Hall–Kier alpha value is -2.85. The molecule has 0 saturated heterocycles. The Morgan fingerprint density at radius 3 is 2.58 bits per heavy atom. The number of allylic oxidation sites excluding steroid dienone is 2. The highest BCUT2D eigenvalue weighted by Gasteiger charge is 2.45. The van der Waals surface area contributed by atoms with Crippen LogP contribution in [0.4, 0.5) is 0 Å². The Morgan fingerprint density at radius 1 is 1.21 bits per heavy atom. The molecule has 1 N–H and O–H groups in total. The van der Waals surface area contributed by atoms with Gasteiger partial charge in [-0.2, -0.15) is 5.26 Å². The van der Waals surface area contributed by atoms with E-state index in [0.717, 1.165) is 5.56 Å². The number of nitriles is 1. The smallest absolute Gasteiger partial charge is 0.205 e. The van der Waals surface area contributed by atoms with E-state index in [4.69, 9.17) is 10.1 Å². The highest BCUT2D eigenvalue weighted by molar-refractivity contribution is 6.01. The van der Waals surface area contributed by atoms with Crippen molar-refractivity contribution in [2.24, 2.45) is 17.3 Å². The third-order valence-corrected chi connectivity index (χ3v) is 4.32. The van der Waals surface area contributed by atoms with Crippen molar-refractivity contribution in [2.75, 3.05) is 0 Å². The minimum Gasteiger partial charge on any atom is -0.446 e. The summed E-state index contributed by atoms with van der Waals surface area (Å²) in [6.07, 6.45) is 0.988. The fourth-order valence-corrected chi connectivity index (χ4v) is 3.20. The van der Waals surface area contributed by atoms with E-state index in [1.807, 2.05) is 44.2 Å². The van der Waals surface area contributed by atoms with Crippen molar-refractivity contribution in [3.63, 3.8) is 0 Å². The zero-order valence-electron chi connectivity index (χ0n) is 13.7. The maximum atomic E-state index is 12.6. The second-order valence-corrected chi connectivity index (χ2v) is 6.96. The Balaban J connectivity index is 2.06. The fourth-order valence-electron chi connectivity index (χ4n) is 3.20. The second kappa shape index (κ2) is 5.98.